The van der Waals surface area contributed by atoms with Gasteiger partial charge in [0.15, 0.2) is 0 Å². The molecule has 0 radical (unpaired) electrons. The van der Waals surface area contributed by atoms with E-state index >= 15 is 0 Å². The number of carboxylic acid groups (broad SMARTS) is 1. The summed E-state index contributed by atoms with van der Waals surface area (Å²) in [5.41, 5.74) is 4.42. The first-order valence-electron chi connectivity index (χ1n) is 8.17. The third-order valence-corrected chi connectivity index (χ3v) is 4.35. The van der Waals surface area contributed by atoms with Gasteiger partial charge < -0.3 is 5.11 Å². The topological polar surface area (TPSA) is 37.3 Å². The van der Waals surface area contributed by atoms with Gasteiger partial charge in [-0.3, -0.25) is 4.79 Å². The molecule has 1 N–H and O–H groups in total. The van der Waals surface area contributed by atoms with E-state index in [-0.39, 0.29) is 17.8 Å². The Balaban J connectivity index is 2.71. The van der Waals surface area contributed by atoms with E-state index in [2.05, 4.69) is 39.8 Å². The molecule has 2 nitrogen and oxygen atoms in total. The summed E-state index contributed by atoms with van der Waals surface area (Å²) in [6.07, 6.45) is 14.3. The van der Waals surface area contributed by atoms with Crippen LogP contribution in [0.1, 0.15) is 60.3 Å². The highest BCUT2D eigenvalue weighted by molar-refractivity contribution is 5.67. The molecule has 0 saturated heterocycles. The van der Waals surface area contributed by atoms with Crippen LogP contribution in [0.15, 0.2) is 47.1 Å². The van der Waals surface area contributed by atoms with Crippen molar-refractivity contribution in [2.45, 2.75) is 60.3 Å². The normalized spacial score (nSPS) is 20.9. The summed E-state index contributed by atoms with van der Waals surface area (Å²) in [5.74, 6) is -0.688. The van der Waals surface area contributed by atoms with Crippen molar-refractivity contribution in [3.8, 4) is 0 Å². The van der Waals surface area contributed by atoms with E-state index in [0.29, 0.717) is 0 Å². The van der Waals surface area contributed by atoms with Crippen molar-refractivity contribution >= 4 is 5.97 Å². The Morgan fingerprint density at radius 1 is 1.41 bits per heavy atom. The molecule has 122 valence electrons. The molecule has 22 heavy (non-hydrogen) atoms. The molecule has 0 aromatic rings. The lowest BCUT2D eigenvalue weighted by molar-refractivity contribution is -0.137. The number of carbonyl (C=O) groups is 1. The predicted octanol–water partition coefficient (Wildman–Crippen LogP) is 5.68. The minimum Gasteiger partial charge on any atom is -0.481 e. The zero-order chi connectivity index (χ0) is 16.8. The van der Waals surface area contributed by atoms with E-state index in [1.807, 2.05) is 25.2 Å². The van der Waals surface area contributed by atoms with Crippen LogP contribution in [-0.4, -0.2) is 11.1 Å². The molecule has 1 rings (SSSR count). The van der Waals surface area contributed by atoms with Crippen molar-refractivity contribution in [2.75, 3.05) is 0 Å². The van der Waals surface area contributed by atoms with Crippen LogP contribution in [0.2, 0.25) is 0 Å². The fraction of sp³-hybridized carbons (Fsp3) is 0.550. The second-order valence-corrected chi connectivity index (χ2v) is 7.14. The molecule has 1 atom stereocenters. The van der Waals surface area contributed by atoms with Crippen LogP contribution >= 0.6 is 0 Å². The Bertz CT molecular complexity index is 516. The second-order valence-electron chi connectivity index (χ2n) is 7.14. The molecule has 1 aliphatic carbocycles. The highest BCUT2D eigenvalue weighted by atomic mass is 16.4. The summed E-state index contributed by atoms with van der Waals surface area (Å²) in [6.45, 7) is 10.9. The molecule has 0 bridgehead atoms. The summed E-state index contributed by atoms with van der Waals surface area (Å²) in [5, 5.41) is 8.73. The average Bonchev–Trinajstić information content (AvgIpc) is 2.36. The highest BCUT2D eigenvalue weighted by Crippen LogP contribution is 2.40. The van der Waals surface area contributed by atoms with E-state index in [0.717, 1.165) is 0 Å². The second kappa shape index (κ2) is 8.17. The minimum atomic E-state index is -0.750. The smallest absolute Gasteiger partial charge is 0.303 e. The third kappa shape index (κ3) is 6.05. The molecular weight excluding hydrogens is 272 g/mol. The summed E-state index contributed by atoms with van der Waals surface area (Å²) < 4.78 is 0. The van der Waals surface area contributed by atoms with Gasteiger partial charge in [-0.25, -0.2) is 0 Å². The van der Waals surface area contributed by atoms with Gasteiger partial charge in [0.05, 0.1) is 6.42 Å². The maximum absolute atomic E-state index is 10.6. The van der Waals surface area contributed by atoms with Gasteiger partial charge in [0.1, 0.15) is 0 Å². The summed E-state index contributed by atoms with van der Waals surface area (Å²) >= 11 is 0. The van der Waals surface area contributed by atoms with Crippen molar-refractivity contribution in [1.29, 1.82) is 0 Å². The molecule has 0 amide bonds. The Kier molecular flexibility index (Phi) is 6.86. The molecule has 1 aliphatic rings. The number of carboxylic acids is 1. The Hall–Kier alpha value is -1.57. The fourth-order valence-corrected chi connectivity index (χ4v) is 3.02. The van der Waals surface area contributed by atoms with Crippen LogP contribution < -0.4 is 0 Å². The number of rotatable bonds is 6. The van der Waals surface area contributed by atoms with Crippen molar-refractivity contribution in [3.63, 3.8) is 0 Å². The van der Waals surface area contributed by atoms with Crippen LogP contribution in [0.25, 0.3) is 0 Å². The SMILES string of the molecule is CC1=C(/C=C/C(C)=C\C=C\[C@H](C)CC(=O)O)C(C)(C)CCC1. The molecule has 2 heteroatoms. The molecule has 0 saturated carbocycles. The van der Waals surface area contributed by atoms with Gasteiger partial charge in [0.2, 0.25) is 0 Å². The maximum Gasteiger partial charge on any atom is 0.303 e. The van der Waals surface area contributed by atoms with Gasteiger partial charge in [-0.05, 0) is 50.0 Å². The number of hydrogen-bond donors (Lipinski definition) is 1. The average molecular weight is 302 g/mol. The number of hydrogen-bond acceptors (Lipinski definition) is 1. The summed E-state index contributed by atoms with van der Waals surface area (Å²) in [6, 6.07) is 0. The highest BCUT2D eigenvalue weighted by Gasteiger charge is 2.26. The predicted molar refractivity (Wildman–Crippen MR) is 93.8 cm³/mol. The number of allylic oxidation sites excluding steroid dienone is 8. The van der Waals surface area contributed by atoms with E-state index < -0.39 is 5.97 Å². The lowest BCUT2D eigenvalue weighted by atomic mass is 9.72. The van der Waals surface area contributed by atoms with E-state index in [1.165, 1.54) is 36.0 Å². The van der Waals surface area contributed by atoms with Gasteiger partial charge in [-0.1, -0.05) is 62.3 Å². The molecule has 0 spiro atoms. The lowest BCUT2D eigenvalue weighted by Crippen LogP contribution is -2.19. The van der Waals surface area contributed by atoms with Crippen LogP contribution in [0, 0.1) is 11.3 Å². The first-order valence-corrected chi connectivity index (χ1v) is 8.17. The van der Waals surface area contributed by atoms with Gasteiger partial charge in [0.25, 0.3) is 0 Å². The standard InChI is InChI=1S/C20H30O2/c1-15(8-6-9-16(2)14-19(21)22)11-12-18-17(3)10-7-13-20(18,4)5/h6,8-9,11-12,16H,7,10,13-14H2,1-5H3,(H,21,22)/b9-6+,12-11+,15-8-/t16-/m0/s1. The molecule has 0 aromatic carbocycles. The monoisotopic (exact) mass is 302 g/mol. The lowest BCUT2D eigenvalue weighted by Gasteiger charge is -2.32. The van der Waals surface area contributed by atoms with Crippen molar-refractivity contribution in [2.24, 2.45) is 11.3 Å². The zero-order valence-corrected chi connectivity index (χ0v) is 14.6. The minimum absolute atomic E-state index is 0.0627. The van der Waals surface area contributed by atoms with Crippen LogP contribution in [0.4, 0.5) is 0 Å². The van der Waals surface area contributed by atoms with E-state index in [1.54, 1.807) is 0 Å². The molecule has 0 aromatic heterocycles. The van der Waals surface area contributed by atoms with Crippen LogP contribution in [-0.2, 0) is 4.79 Å². The third-order valence-electron chi connectivity index (χ3n) is 4.35. The van der Waals surface area contributed by atoms with E-state index in [9.17, 15) is 4.79 Å². The Labute approximate surface area is 135 Å². The van der Waals surface area contributed by atoms with Gasteiger partial charge >= 0.3 is 5.97 Å². The number of aliphatic carboxylic acids is 1. The molecular formula is C20H30O2. The van der Waals surface area contributed by atoms with Crippen molar-refractivity contribution < 1.29 is 9.90 Å². The first-order chi connectivity index (χ1) is 10.2. The van der Waals surface area contributed by atoms with Crippen LogP contribution in [0.5, 0.6) is 0 Å². The van der Waals surface area contributed by atoms with Gasteiger partial charge in [0, 0.05) is 0 Å². The molecule has 0 fully saturated rings. The van der Waals surface area contributed by atoms with Crippen LogP contribution in [0.3, 0.4) is 0 Å². The van der Waals surface area contributed by atoms with Gasteiger partial charge in [-0.2, -0.15) is 0 Å². The molecule has 0 aliphatic heterocycles. The van der Waals surface area contributed by atoms with Crippen molar-refractivity contribution in [1.82, 2.24) is 0 Å². The molecule has 0 heterocycles. The Morgan fingerprint density at radius 2 is 2.09 bits per heavy atom. The summed E-state index contributed by atoms with van der Waals surface area (Å²) in [7, 11) is 0. The Morgan fingerprint density at radius 3 is 2.68 bits per heavy atom. The summed E-state index contributed by atoms with van der Waals surface area (Å²) in [4.78, 5) is 10.6. The quantitative estimate of drug-likeness (QED) is 0.641. The molecule has 0 unspecified atom stereocenters. The van der Waals surface area contributed by atoms with Crippen molar-refractivity contribution in [3.05, 3.63) is 47.1 Å². The van der Waals surface area contributed by atoms with Gasteiger partial charge in [-0.15, -0.1) is 0 Å². The maximum atomic E-state index is 10.6. The van der Waals surface area contributed by atoms with E-state index in [4.69, 9.17) is 5.11 Å². The first kappa shape index (κ1) is 18.5. The zero-order valence-electron chi connectivity index (χ0n) is 14.6. The fourth-order valence-electron chi connectivity index (χ4n) is 3.02. The largest absolute Gasteiger partial charge is 0.481 e.